The number of pyridine rings is 1. The highest BCUT2D eigenvalue weighted by Gasteiger charge is 2.33. The van der Waals surface area contributed by atoms with Crippen LogP contribution in [0, 0.1) is 0 Å². The second kappa shape index (κ2) is 10.4. The summed E-state index contributed by atoms with van der Waals surface area (Å²) in [5.41, 5.74) is 1.48. The van der Waals surface area contributed by atoms with Gasteiger partial charge in [-0.05, 0) is 49.2 Å². The summed E-state index contributed by atoms with van der Waals surface area (Å²) in [7, 11) is 0. The number of nitrogens with zero attached hydrogens (tertiary/aromatic N) is 6. The average molecular weight is 517 g/mol. The summed E-state index contributed by atoms with van der Waals surface area (Å²) in [5.74, 6) is 1.55. The van der Waals surface area contributed by atoms with Crippen LogP contribution in [-0.4, -0.2) is 69.9 Å². The third kappa shape index (κ3) is 6.01. The molecule has 0 aliphatic carbocycles. The number of amides is 1. The van der Waals surface area contributed by atoms with E-state index in [0.717, 1.165) is 30.8 Å². The fraction of sp³-hybridized carbons (Fsp3) is 0.440. The van der Waals surface area contributed by atoms with Gasteiger partial charge in [0.1, 0.15) is 11.6 Å². The molecule has 9 nitrogen and oxygen atoms in total. The maximum Gasteiger partial charge on any atom is 0.573 e. The quantitative estimate of drug-likeness (QED) is 0.485. The van der Waals surface area contributed by atoms with Gasteiger partial charge in [0, 0.05) is 51.4 Å². The zero-order valence-corrected chi connectivity index (χ0v) is 20.3. The minimum Gasteiger partial charge on any atom is -0.406 e. The lowest BCUT2D eigenvalue weighted by Crippen LogP contribution is -2.48. The van der Waals surface area contributed by atoms with Gasteiger partial charge in [0.2, 0.25) is 17.6 Å². The van der Waals surface area contributed by atoms with E-state index in [-0.39, 0.29) is 17.7 Å². The van der Waals surface area contributed by atoms with E-state index in [1.54, 1.807) is 25.3 Å². The zero-order chi connectivity index (χ0) is 26.0. The lowest BCUT2D eigenvalue weighted by molar-refractivity contribution is -0.274. The molecular weight excluding hydrogens is 489 g/mol. The first-order valence-corrected chi connectivity index (χ1v) is 12.1. The van der Waals surface area contributed by atoms with Crippen molar-refractivity contribution in [1.29, 1.82) is 0 Å². The number of benzene rings is 1. The molecule has 2 saturated heterocycles. The molecule has 3 aromatic rings. The Morgan fingerprint density at radius 3 is 2.70 bits per heavy atom. The Morgan fingerprint density at radius 2 is 1.95 bits per heavy atom. The van der Waals surface area contributed by atoms with Gasteiger partial charge >= 0.3 is 6.36 Å². The third-order valence-corrected chi connectivity index (χ3v) is 6.66. The number of aromatic nitrogens is 3. The number of carbonyl (C=O) groups is 1. The van der Waals surface area contributed by atoms with E-state index in [4.69, 9.17) is 4.52 Å². The first kappa shape index (κ1) is 25.0. The Bertz CT molecular complexity index is 1240. The van der Waals surface area contributed by atoms with Crippen LogP contribution in [0.5, 0.6) is 5.75 Å². The first-order chi connectivity index (χ1) is 17.7. The highest BCUT2D eigenvalue weighted by Crippen LogP contribution is 2.34. The summed E-state index contributed by atoms with van der Waals surface area (Å²) >= 11 is 0. The van der Waals surface area contributed by atoms with Crippen LogP contribution in [0.4, 0.5) is 19.0 Å². The molecule has 0 spiro atoms. The number of piperazine rings is 1. The van der Waals surface area contributed by atoms with Gasteiger partial charge in [0.25, 0.3) is 0 Å². The number of alkyl halides is 3. The normalized spacial score (nSPS) is 18.9. The van der Waals surface area contributed by atoms with Gasteiger partial charge < -0.3 is 19.1 Å². The van der Waals surface area contributed by atoms with Crippen LogP contribution in [-0.2, 0) is 11.3 Å². The second-order valence-corrected chi connectivity index (χ2v) is 9.18. The van der Waals surface area contributed by atoms with Crippen molar-refractivity contribution in [3.63, 3.8) is 0 Å². The molecule has 2 aromatic heterocycles. The highest BCUT2D eigenvalue weighted by molar-refractivity contribution is 5.73. The molecule has 5 rings (SSSR count). The molecule has 4 heterocycles. The number of halogens is 3. The van der Waals surface area contributed by atoms with Gasteiger partial charge in [-0.15, -0.1) is 13.2 Å². The largest absolute Gasteiger partial charge is 0.573 e. The molecule has 2 aliphatic heterocycles. The van der Waals surface area contributed by atoms with Gasteiger partial charge in [0.05, 0.1) is 6.04 Å². The number of ether oxygens (including phenoxy) is 1. The third-order valence-electron chi connectivity index (χ3n) is 6.66. The molecule has 1 aromatic carbocycles. The van der Waals surface area contributed by atoms with Crippen LogP contribution in [0.3, 0.4) is 0 Å². The molecule has 0 N–H and O–H groups in total. The van der Waals surface area contributed by atoms with Gasteiger partial charge in [-0.2, -0.15) is 4.98 Å². The van der Waals surface area contributed by atoms with E-state index in [9.17, 15) is 18.0 Å². The maximum atomic E-state index is 12.6. The van der Waals surface area contributed by atoms with E-state index in [0.29, 0.717) is 50.0 Å². The second-order valence-electron chi connectivity index (χ2n) is 9.18. The van der Waals surface area contributed by atoms with E-state index >= 15 is 0 Å². The summed E-state index contributed by atoms with van der Waals surface area (Å²) in [6, 6.07) is 9.61. The maximum absolute atomic E-state index is 12.6. The highest BCUT2D eigenvalue weighted by atomic mass is 19.4. The van der Waals surface area contributed by atoms with Crippen molar-refractivity contribution < 1.29 is 27.2 Å². The van der Waals surface area contributed by atoms with Crippen molar-refractivity contribution in [3.05, 3.63) is 54.0 Å². The van der Waals surface area contributed by atoms with Gasteiger partial charge in [-0.1, -0.05) is 17.3 Å². The van der Waals surface area contributed by atoms with Crippen LogP contribution in [0.15, 0.2) is 47.1 Å². The predicted octanol–water partition coefficient (Wildman–Crippen LogP) is 4.04. The number of anilines is 1. The van der Waals surface area contributed by atoms with Crippen molar-refractivity contribution in [2.75, 3.05) is 37.6 Å². The molecule has 1 atom stereocenters. The van der Waals surface area contributed by atoms with Crippen molar-refractivity contribution in [2.45, 2.75) is 38.7 Å². The Kier molecular flexibility index (Phi) is 7.00. The lowest BCUT2D eigenvalue weighted by Gasteiger charge is -2.34. The summed E-state index contributed by atoms with van der Waals surface area (Å²) in [5, 5.41) is 4.19. The predicted molar refractivity (Wildman–Crippen MR) is 128 cm³/mol. The topological polar surface area (TPSA) is 87.8 Å². The standard InChI is InChI=1S/C25H27F3N6O3/c1-17(35)32-10-12-33(13-11-32)22-15-19(7-8-29-22)23-30-24(37-31-23)21-6-3-9-34(21)16-18-4-2-5-20(14-18)36-25(26,27)28/h2,4-5,7-8,14-15,21H,3,6,9-13,16H2,1H3. The lowest BCUT2D eigenvalue weighted by atomic mass is 10.1. The van der Waals surface area contributed by atoms with E-state index in [2.05, 4.69) is 29.7 Å². The molecule has 0 bridgehead atoms. The SMILES string of the molecule is CC(=O)N1CCN(c2cc(-c3noc(C4CCCN4Cc4cccc(OC(F)(F)F)c4)n3)ccn2)CC1. The summed E-state index contributed by atoms with van der Waals surface area (Å²) in [4.78, 5) is 26.8. The zero-order valence-electron chi connectivity index (χ0n) is 20.3. The molecule has 37 heavy (non-hydrogen) atoms. The van der Waals surface area contributed by atoms with Crippen molar-refractivity contribution in [2.24, 2.45) is 0 Å². The molecule has 12 heteroatoms. The smallest absolute Gasteiger partial charge is 0.406 e. The summed E-state index contributed by atoms with van der Waals surface area (Å²) < 4.78 is 47.5. The van der Waals surface area contributed by atoms with Gasteiger partial charge in [0.15, 0.2) is 0 Å². The molecular formula is C25H27F3N6O3. The summed E-state index contributed by atoms with van der Waals surface area (Å²) in [6.45, 7) is 5.46. The van der Waals surface area contributed by atoms with E-state index in [1.165, 1.54) is 12.1 Å². The van der Waals surface area contributed by atoms with Crippen LogP contribution >= 0.6 is 0 Å². The fourth-order valence-corrected chi connectivity index (χ4v) is 4.84. The Hall–Kier alpha value is -3.67. The van der Waals surface area contributed by atoms with Crippen LogP contribution in [0.1, 0.15) is 37.3 Å². The monoisotopic (exact) mass is 516 g/mol. The fourth-order valence-electron chi connectivity index (χ4n) is 4.84. The van der Waals surface area contributed by atoms with Crippen LogP contribution in [0.25, 0.3) is 11.4 Å². The Morgan fingerprint density at radius 1 is 1.14 bits per heavy atom. The van der Waals surface area contributed by atoms with Crippen molar-refractivity contribution >= 4 is 11.7 Å². The van der Waals surface area contributed by atoms with E-state index < -0.39 is 6.36 Å². The minimum absolute atomic E-state index is 0.0731. The molecule has 1 unspecified atom stereocenters. The van der Waals surface area contributed by atoms with Crippen LogP contribution < -0.4 is 9.64 Å². The molecule has 2 aliphatic rings. The molecule has 1 amide bonds. The molecule has 196 valence electrons. The Labute approximate surface area is 211 Å². The minimum atomic E-state index is -4.73. The number of rotatable bonds is 6. The number of hydrogen-bond donors (Lipinski definition) is 0. The van der Waals surface area contributed by atoms with Gasteiger partial charge in [-0.3, -0.25) is 9.69 Å². The Balaban J connectivity index is 1.27. The van der Waals surface area contributed by atoms with E-state index in [1.807, 2.05) is 17.0 Å². The molecule has 0 saturated carbocycles. The summed E-state index contributed by atoms with van der Waals surface area (Å²) in [6.07, 6.45) is -1.31. The average Bonchev–Trinajstić information content (AvgIpc) is 3.53. The molecule has 2 fully saturated rings. The van der Waals surface area contributed by atoms with Crippen LogP contribution in [0.2, 0.25) is 0 Å². The van der Waals surface area contributed by atoms with Crippen molar-refractivity contribution in [3.8, 4) is 17.1 Å². The number of carbonyl (C=O) groups excluding carboxylic acids is 1. The number of hydrogen-bond acceptors (Lipinski definition) is 8. The van der Waals surface area contributed by atoms with Gasteiger partial charge in [-0.25, -0.2) is 4.98 Å². The molecule has 0 radical (unpaired) electrons. The number of likely N-dealkylation sites (tertiary alicyclic amines) is 1. The van der Waals surface area contributed by atoms with Crippen molar-refractivity contribution in [1.82, 2.24) is 24.9 Å². The first-order valence-electron chi connectivity index (χ1n) is 12.1.